The first-order valence-corrected chi connectivity index (χ1v) is 9.22. The summed E-state index contributed by atoms with van der Waals surface area (Å²) in [5, 5.41) is 3.17. The summed E-state index contributed by atoms with van der Waals surface area (Å²) in [6.07, 6.45) is 7.42. The molecule has 3 heterocycles. The van der Waals surface area contributed by atoms with Crippen molar-refractivity contribution in [2.45, 2.75) is 32.1 Å². The highest BCUT2D eigenvalue weighted by Crippen LogP contribution is 2.35. The van der Waals surface area contributed by atoms with Crippen LogP contribution in [0.15, 0.2) is 24.7 Å². The molecule has 0 radical (unpaired) electrons. The van der Waals surface area contributed by atoms with E-state index in [9.17, 15) is 0 Å². The number of anilines is 3. The third-order valence-electron chi connectivity index (χ3n) is 5.10. The van der Waals surface area contributed by atoms with Crippen LogP contribution < -0.4 is 15.1 Å². The number of hydrogen-bond acceptors (Lipinski definition) is 7. The summed E-state index contributed by atoms with van der Waals surface area (Å²) < 4.78 is 0. The molecular formula is C18H25N7. The van der Waals surface area contributed by atoms with E-state index in [2.05, 4.69) is 41.1 Å². The van der Waals surface area contributed by atoms with Crippen LogP contribution in [-0.2, 0) is 0 Å². The zero-order valence-electron chi connectivity index (χ0n) is 14.7. The van der Waals surface area contributed by atoms with Gasteiger partial charge in [0.2, 0.25) is 5.95 Å². The maximum absolute atomic E-state index is 4.60. The van der Waals surface area contributed by atoms with E-state index >= 15 is 0 Å². The van der Waals surface area contributed by atoms with E-state index in [4.69, 9.17) is 0 Å². The molecule has 1 saturated heterocycles. The Hall–Kier alpha value is -2.44. The van der Waals surface area contributed by atoms with Crippen LogP contribution in [0.25, 0.3) is 0 Å². The highest BCUT2D eigenvalue weighted by Gasteiger charge is 2.24. The van der Waals surface area contributed by atoms with Crippen molar-refractivity contribution in [2.24, 2.45) is 0 Å². The third kappa shape index (κ3) is 3.50. The van der Waals surface area contributed by atoms with Gasteiger partial charge in [-0.1, -0.05) is 6.42 Å². The van der Waals surface area contributed by atoms with Crippen LogP contribution in [0.1, 0.15) is 37.8 Å². The third-order valence-corrected chi connectivity index (χ3v) is 5.10. The van der Waals surface area contributed by atoms with E-state index < -0.39 is 0 Å². The van der Waals surface area contributed by atoms with Crippen LogP contribution in [0.2, 0.25) is 0 Å². The number of aromatic nitrogens is 4. The molecular weight excluding hydrogens is 314 g/mol. The molecule has 2 aromatic heterocycles. The average Bonchev–Trinajstić information content (AvgIpc) is 2.61. The second-order valence-electron chi connectivity index (χ2n) is 6.67. The number of hydrogen-bond donors (Lipinski definition) is 1. The van der Waals surface area contributed by atoms with E-state index in [-0.39, 0.29) is 0 Å². The topological polar surface area (TPSA) is 70.1 Å². The zero-order chi connectivity index (χ0) is 17.1. The summed E-state index contributed by atoms with van der Waals surface area (Å²) in [6, 6.07) is 4.17. The van der Waals surface area contributed by atoms with Gasteiger partial charge in [-0.2, -0.15) is 4.98 Å². The SMILES string of the molecule is CCNc1nccc(N2CCN(c3cc(C4CCC4)ncn3)CC2)n1. The lowest BCUT2D eigenvalue weighted by Gasteiger charge is -2.36. The molecule has 2 aromatic rings. The van der Waals surface area contributed by atoms with Crippen molar-refractivity contribution in [1.82, 2.24) is 19.9 Å². The lowest BCUT2D eigenvalue weighted by molar-refractivity contribution is 0.410. The minimum absolute atomic E-state index is 0.647. The van der Waals surface area contributed by atoms with Gasteiger partial charge in [0, 0.05) is 56.6 Å². The van der Waals surface area contributed by atoms with Crippen LogP contribution in [0.5, 0.6) is 0 Å². The number of nitrogens with one attached hydrogen (secondary N) is 1. The van der Waals surface area contributed by atoms with Crippen LogP contribution in [0.4, 0.5) is 17.6 Å². The number of nitrogens with zero attached hydrogens (tertiary/aromatic N) is 6. The van der Waals surface area contributed by atoms with Crippen LogP contribution in [-0.4, -0.2) is 52.7 Å². The van der Waals surface area contributed by atoms with Gasteiger partial charge in [0.1, 0.15) is 18.0 Å². The van der Waals surface area contributed by atoms with Gasteiger partial charge < -0.3 is 15.1 Å². The first-order chi connectivity index (χ1) is 12.3. The largest absolute Gasteiger partial charge is 0.354 e. The Bertz CT molecular complexity index is 708. The summed E-state index contributed by atoms with van der Waals surface area (Å²) in [4.78, 5) is 22.5. The predicted molar refractivity (Wildman–Crippen MR) is 99.2 cm³/mol. The molecule has 1 saturated carbocycles. The van der Waals surface area contributed by atoms with Gasteiger partial charge in [0.15, 0.2) is 0 Å². The fourth-order valence-electron chi connectivity index (χ4n) is 3.39. The van der Waals surface area contributed by atoms with Crippen molar-refractivity contribution >= 4 is 17.6 Å². The Balaban J connectivity index is 1.40. The molecule has 0 spiro atoms. The fourth-order valence-corrected chi connectivity index (χ4v) is 3.39. The van der Waals surface area contributed by atoms with E-state index in [1.165, 1.54) is 25.0 Å². The average molecular weight is 339 g/mol. The van der Waals surface area contributed by atoms with E-state index in [0.29, 0.717) is 11.9 Å². The molecule has 2 aliphatic rings. The van der Waals surface area contributed by atoms with Crippen LogP contribution >= 0.6 is 0 Å². The molecule has 0 amide bonds. The summed E-state index contributed by atoms with van der Waals surface area (Å²) >= 11 is 0. The van der Waals surface area contributed by atoms with Crippen LogP contribution in [0.3, 0.4) is 0 Å². The smallest absolute Gasteiger partial charge is 0.224 e. The Labute approximate surface area is 148 Å². The molecule has 0 unspecified atom stereocenters. The second-order valence-corrected chi connectivity index (χ2v) is 6.67. The first kappa shape index (κ1) is 16.1. The molecule has 0 aromatic carbocycles. The van der Waals surface area contributed by atoms with Crippen molar-refractivity contribution < 1.29 is 0 Å². The van der Waals surface area contributed by atoms with Crippen molar-refractivity contribution in [2.75, 3.05) is 47.8 Å². The monoisotopic (exact) mass is 339 g/mol. The molecule has 1 aliphatic carbocycles. The normalized spacial score (nSPS) is 18.1. The molecule has 7 nitrogen and oxygen atoms in total. The van der Waals surface area contributed by atoms with E-state index in [1.54, 1.807) is 6.33 Å². The molecule has 7 heteroatoms. The van der Waals surface area contributed by atoms with Crippen molar-refractivity contribution in [3.63, 3.8) is 0 Å². The van der Waals surface area contributed by atoms with Gasteiger partial charge in [0.25, 0.3) is 0 Å². The standard InChI is InChI=1S/C18H25N7/c1-2-19-18-20-7-6-16(23-18)24-8-10-25(11-9-24)17-12-15(21-13-22-17)14-4-3-5-14/h6-7,12-14H,2-5,8-11H2,1H3,(H,19,20,23). The highest BCUT2D eigenvalue weighted by atomic mass is 15.3. The van der Waals surface area contributed by atoms with Gasteiger partial charge in [-0.3, -0.25) is 0 Å². The highest BCUT2D eigenvalue weighted by molar-refractivity contribution is 5.47. The van der Waals surface area contributed by atoms with Gasteiger partial charge in [0.05, 0.1) is 0 Å². The summed E-state index contributed by atoms with van der Waals surface area (Å²) in [5.41, 5.74) is 1.21. The number of rotatable bonds is 5. The molecule has 25 heavy (non-hydrogen) atoms. The van der Waals surface area contributed by atoms with Crippen LogP contribution in [0, 0.1) is 0 Å². The van der Waals surface area contributed by atoms with Gasteiger partial charge in [-0.25, -0.2) is 15.0 Å². The molecule has 0 atom stereocenters. The predicted octanol–water partition coefficient (Wildman–Crippen LogP) is 2.29. The van der Waals surface area contributed by atoms with Crippen molar-refractivity contribution in [3.05, 3.63) is 30.4 Å². The Morgan fingerprint density at radius 1 is 1.04 bits per heavy atom. The second kappa shape index (κ2) is 7.21. The summed E-state index contributed by atoms with van der Waals surface area (Å²) in [7, 11) is 0. The van der Waals surface area contributed by atoms with Gasteiger partial charge in [-0.15, -0.1) is 0 Å². The maximum atomic E-state index is 4.60. The lowest BCUT2D eigenvalue weighted by Crippen LogP contribution is -2.47. The summed E-state index contributed by atoms with van der Waals surface area (Å²) in [5.74, 6) is 3.40. The van der Waals surface area contributed by atoms with E-state index in [1.807, 2.05) is 19.2 Å². The minimum atomic E-state index is 0.647. The summed E-state index contributed by atoms with van der Waals surface area (Å²) in [6.45, 7) is 6.64. The van der Waals surface area contributed by atoms with Crippen molar-refractivity contribution in [3.8, 4) is 0 Å². The molecule has 1 N–H and O–H groups in total. The van der Waals surface area contributed by atoms with E-state index in [0.717, 1.165) is 44.4 Å². The first-order valence-electron chi connectivity index (χ1n) is 9.22. The minimum Gasteiger partial charge on any atom is -0.354 e. The molecule has 2 fully saturated rings. The molecule has 4 rings (SSSR count). The Morgan fingerprint density at radius 3 is 2.48 bits per heavy atom. The maximum Gasteiger partial charge on any atom is 0.224 e. The molecule has 132 valence electrons. The fraction of sp³-hybridized carbons (Fsp3) is 0.556. The lowest BCUT2D eigenvalue weighted by atomic mass is 9.83. The Kier molecular flexibility index (Phi) is 4.63. The Morgan fingerprint density at radius 2 is 1.80 bits per heavy atom. The van der Waals surface area contributed by atoms with Crippen molar-refractivity contribution in [1.29, 1.82) is 0 Å². The quantitative estimate of drug-likeness (QED) is 0.896. The molecule has 0 bridgehead atoms. The number of piperazine rings is 1. The van der Waals surface area contributed by atoms with Gasteiger partial charge in [-0.05, 0) is 25.8 Å². The molecule has 1 aliphatic heterocycles. The zero-order valence-corrected chi connectivity index (χ0v) is 14.7. The van der Waals surface area contributed by atoms with Gasteiger partial charge >= 0.3 is 0 Å².